The number of fused-ring (bicyclic) bond motifs is 1. The molecule has 1 heterocycles. The number of pyridine rings is 1. The van der Waals surface area contributed by atoms with Gasteiger partial charge in [-0.3, -0.25) is 0 Å². The molecule has 3 rings (SSSR count). The number of hydrogen-bond donors (Lipinski definition) is 0. The molecule has 0 spiro atoms. The van der Waals surface area contributed by atoms with Gasteiger partial charge in [0.25, 0.3) is 0 Å². The van der Waals surface area contributed by atoms with Crippen molar-refractivity contribution in [2.45, 2.75) is 6.92 Å². The summed E-state index contributed by atoms with van der Waals surface area (Å²) in [6, 6.07) is 13.9. The molecule has 7 heteroatoms. The van der Waals surface area contributed by atoms with Gasteiger partial charge in [0.1, 0.15) is 11.4 Å². The second-order valence-corrected chi connectivity index (χ2v) is 6.33. The van der Waals surface area contributed by atoms with Crippen molar-refractivity contribution in [1.82, 2.24) is 4.98 Å². The molecular formula is C20H15BrN2O4. The van der Waals surface area contributed by atoms with Gasteiger partial charge in [-0.25, -0.2) is 9.78 Å². The van der Waals surface area contributed by atoms with Gasteiger partial charge in [0.2, 0.25) is 0 Å². The molecule has 0 unspecified atom stereocenters. The monoisotopic (exact) mass is 426 g/mol. The van der Waals surface area contributed by atoms with Crippen molar-refractivity contribution < 1.29 is 19.0 Å². The Hall–Kier alpha value is -3.11. The summed E-state index contributed by atoms with van der Waals surface area (Å²) in [5, 5.41) is 9.94. The zero-order valence-electron chi connectivity index (χ0n) is 14.7. The van der Waals surface area contributed by atoms with Crippen LogP contribution in [0.1, 0.15) is 23.0 Å². The summed E-state index contributed by atoms with van der Waals surface area (Å²) in [7, 11) is 1.59. The SMILES string of the molecule is CCOc1cc(C#N)cc(Br)c1OC(=O)c1ccc2cc(OC)ccc2n1. The molecule has 3 aromatic rings. The minimum Gasteiger partial charge on any atom is -0.497 e. The number of esters is 1. The molecule has 0 N–H and O–H groups in total. The van der Waals surface area contributed by atoms with Crippen LogP contribution in [0.5, 0.6) is 17.2 Å². The first-order valence-electron chi connectivity index (χ1n) is 8.09. The first kappa shape index (κ1) is 18.7. The molecule has 0 atom stereocenters. The number of rotatable bonds is 5. The molecule has 1 aromatic heterocycles. The Kier molecular flexibility index (Phi) is 5.57. The van der Waals surface area contributed by atoms with E-state index in [2.05, 4.69) is 20.9 Å². The summed E-state index contributed by atoms with van der Waals surface area (Å²) in [6.45, 7) is 2.17. The largest absolute Gasteiger partial charge is 0.497 e. The lowest BCUT2D eigenvalue weighted by Crippen LogP contribution is -2.12. The molecule has 0 amide bonds. The van der Waals surface area contributed by atoms with Crippen LogP contribution in [0.15, 0.2) is 46.9 Å². The van der Waals surface area contributed by atoms with Gasteiger partial charge < -0.3 is 14.2 Å². The number of carbonyl (C=O) groups is 1. The van der Waals surface area contributed by atoms with Gasteiger partial charge in [-0.05, 0) is 53.2 Å². The molecule has 27 heavy (non-hydrogen) atoms. The number of methoxy groups -OCH3 is 1. The zero-order valence-corrected chi connectivity index (χ0v) is 16.2. The van der Waals surface area contributed by atoms with Crippen molar-refractivity contribution in [2.75, 3.05) is 13.7 Å². The van der Waals surface area contributed by atoms with Crippen molar-refractivity contribution in [2.24, 2.45) is 0 Å². The summed E-state index contributed by atoms with van der Waals surface area (Å²) in [4.78, 5) is 16.9. The van der Waals surface area contributed by atoms with Crippen LogP contribution >= 0.6 is 15.9 Å². The van der Waals surface area contributed by atoms with Crippen LogP contribution in [0, 0.1) is 11.3 Å². The Labute approximate surface area is 164 Å². The Balaban J connectivity index is 1.93. The van der Waals surface area contributed by atoms with E-state index in [0.29, 0.717) is 33.7 Å². The molecular weight excluding hydrogens is 412 g/mol. The Morgan fingerprint density at radius 2 is 2.04 bits per heavy atom. The molecule has 6 nitrogen and oxygen atoms in total. The standard InChI is InChI=1S/C20H15BrN2O4/c1-3-26-18-9-12(11-22)8-15(21)19(18)27-20(24)17-6-4-13-10-14(25-2)5-7-16(13)23-17/h4-10H,3H2,1-2H3. The van der Waals surface area contributed by atoms with Crippen LogP contribution in [-0.4, -0.2) is 24.7 Å². The zero-order chi connectivity index (χ0) is 19.4. The van der Waals surface area contributed by atoms with Crippen LogP contribution < -0.4 is 14.2 Å². The average Bonchev–Trinajstić information content (AvgIpc) is 2.69. The van der Waals surface area contributed by atoms with Crippen LogP contribution in [0.25, 0.3) is 10.9 Å². The Bertz CT molecular complexity index is 1060. The fraction of sp³-hybridized carbons (Fsp3) is 0.150. The van der Waals surface area contributed by atoms with Gasteiger partial charge in [-0.1, -0.05) is 6.07 Å². The maximum absolute atomic E-state index is 12.6. The van der Waals surface area contributed by atoms with E-state index in [4.69, 9.17) is 19.5 Å². The van der Waals surface area contributed by atoms with E-state index in [1.165, 1.54) is 6.07 Å². The molecule has 0 saturated carbocycles. The predicted octanol–water partition coefficient (Wildman–Crippen LogP) is 4.50. The second-order valence-electron chi connectivity index (χ2n) is 5.47. The smallest absolute Gasteiger partial charge is 0.362 e. The molecule has 0 fully saturated rings. The number of nitriles is 1. The highest BCUT2D eigenvalue weighted by Gasteiger charge is 2.18. The normalized spacial score (nSPS) is 10.3. The maximum atomic E-state index is 12.6. The number of hydrogen-bond acceptors (Lipinski definition) is 6. The third-order valence-corrected chi connectivity index (χ3v) is 4.33. The minimum atomic E-state index is -0.626. The fourth-order valence-electron chi connectivity index (χ4n) is 2.48. The van der Waals surface area contributed by atoms with Crippen molar-refractivity contribution >= 4 is 32.8 Å². The molecule has 0 aliphatic heterocycles. The summed E-state index contributed by atoms with van der Waals surface area (Å²) in [5.74, 6) is 0.598. The van der Waals surface area contributed by atoms with Gasteiger partial charge in [0, 0.05) is 11.5 Å². The molecule has 2 aromatic carbocycles. The average molecular weight is 427 g/mol. The molecule has 0 radical (unpaired) electrons. The molecule has 0 saturated heterocycles. The number of nitrogens with zero attached hydrogens (tertiary/aromatic N) is 2. The first-order chi connectivity index (χ1) is 13.0. The summed E-state index contributed by atoms with van der Waals surface area (Å²) in [5.41, 5.74) is 1.20. The lowest BCUT2D eigenvalue weighted by atomic mass is 10.2. The lowest BCUT2D eigenvalue weighted by Gasteiger charge is -2.13. The van der Waals surface area contributed by atoms with E-state index in [9.17, 15) is 4.79 Å². The van der Waals surface area contributed by atoms with Gasteiger partial charge in [-0.15, -0.1) is 0 Å². The van der Waals surface area contributed by atoms with E-state index in [1.807, 2.05) is 12.1 Å². The number of ether oxygens (including phenoxy) is 3. The number of benzene rings is 2. The topological polar surface area (TPSA) is 81.4 Å². The lowest BCUT2D eigenvalue weighted by molar-refractivity contribution is 0.0721. The number of carbonyl (C=O) groups excluding carboxylic acids is 1. The number of halogens is 1. The predicted molar refractivity (Wildman–Crippen MR) is 103 cm³/mol. The Morgan fingerprint density at radius 3 is 2.74 bits per heavy atom. The Morgan fingerprint density at radius 1 is 1.22 bits per heavy atom. The van der Waals surface area contributed by atoms with E-state index < -0.39 is 5.97 Å². The highest BCUT2D eigenvalue weighted by atomic mass is 79.9. The van der Waals surface area contributed by atoms with Gasteiger partial charge in [0.05, 0.1) is 35.3 Å². The van der Waals surface area contributed by atoms with Crippen LogP contribution in [0.4, 0.5) is 0 Å². The third kappa shape index (κ3) is 4.01. The summed E-state index contributed by atoms with van der Waals surface area (Å²) >= 11 is 3.32. The third-order valence-electron chi connectivity index (χ3n) is 3.74. The van der Waals surface area contributed by atoms with Crippen molar-refractivity contribution in [3.8, 4) is 23.3 Å². The van der Waals surface area contributed by atoms with Crippen LogP contribution in [0.3, 0.4) is 0 Å². The fourth-order valence-corrected chi connectivity index (χ4v) is 3.01. The van der Waals surface area contributed by atoms with Crippen molar-refractivity contribution in [1.29, 1.82) is 5.26 Å². The summed E-state index contributed by atoms with van der Waals surface area (Å²) in [6.07, 6.45) is 0. The van der Waals surface area contributed by atoms with Gasteiger partial charge in [0.15, 0.2) is 11.5 Å². The number of aromatic nitrogens is 1. The molecule has 0 bridgehead atoms. The van der Waals surface area contributed by atoms with Crippen molar-refractivity contribution in [3.05, 3.63) is 58.2 Å². The first-order valence-corrected chi connectivity index (χ1v) is 8.88. The molecule has 136 valence electrons. The van der Waals surface area contributed by atoms with E-state index in [0.717, 1.165) is 5.39 Å². The van der Waals surface area contributed by atoms with Gasteiger partial charge >= 0.3 is 5.97 Å². The molecule has 0 aliphatic carbocycles. The van der Waals surface area contributed by atoms with Crippen LogP contribution in [-0.2, 0) is 0 Å². The highest BCUT2D eigenvalue weighted by molar-refractivity contribution is 9.10. The summed E-state index contributed by atoms with van der Waals surface area (Å²) < 4.78 is 16.6. The minimum absolute atomic E-state index is 0.159. The highest BCUT2D eigenvalue weighted by Crippen LogP contribution is 2.37. The van der Waals surface area contributed by atoms with Gasteiger partial charge in [-0.2, -0.15) is 5.26 Å². The second kappa shape index (κ2) is 8.06. The quantitative estimate of drug-likeness (QED) is 0.441. The van der Waals surface area contributed by atoms with E-state index >= 15 is 0 Å². The maximum Gasteiger partial charge on any atom is 0.362 e. The van der Waals surface area contributed by atoms with E-state index in [-0.39, 0.29) is 11.4 Å². The molecule has 0 aliphatic rings. The van der Waals surface area contributed by atoms with E-state index in [1.54, 1.807) is 44.4 Å². The van der Waals surface area contributed by atoms with Crippen LogP contribution in [0.2, 0.25) is 0 Å². The van der Waals surface area contributed by atoms with Crippen molar-refractivity contribution in [3.63, 3.8) is 0 Å².